The molecule has 19 heavy (non-hydrogen) atoms. The summed E-state index contributed by atoms with van der Waals surface area (Å²) in [6, 6.07) is 5.95. The predicted octanol–water partition coefficient (Wildman–Crippen LogP) is 3.67. The van der Waals surface area contributed by atoms with Crippen LogP contribution < -0.4 is 4.74 Å². The number of hydrogen-bond acceptors (Lipinski definition) is 3. The maximum atomic E-state index is 11.1. The monoisotopic (exact) mass is 304 g/mol. The van der Waals surface area contributed by atoms with Crippen LogP contribution in [0, 0.1) is 19.8 Å². The van der Waals surface area contributed by atoms with E-state index >= 15 is 0 Å². The van der Waals surface area contributed by atoms with Crippen LogP contribution in [-0.2, 0) is 9.05 Å². The second kappa shape index (κ2) is 7.15. The van der Waals surface area contributed by atoms with Gasteiger partial charge in [-0.05, 0) is 31.9 Å². The summed E-state index contributed by atoms with van der Waals surface area (Å²) in [7, 11) is 1.84. The van der Waals surface area contributed by atoms with Gasteiger partial charge in [0.25, 0.3) is 0 Å². The molecule has 3 nitrogen and oxygen atoms in total. The second-order valence-corrected chi connectivity index (χ2v) is 7.76. The Labute approximate surface area is 120 Å². The molecule has 108 valence electrons. The van der Waals surface area contributed by atoms with Gasteiger partial charge >= 0.3 is 0 Å². The van der Waals surface area contributed by atoms with Gasteiger partial charge in [-0.15, -0.1) is 0 Å². The number of hydrogen-bond donors (Lipinski definition) is 0. The van der Waals surface area contributed by atoms with E-state index in [1.165, 1.54) is 5.56 Å². The maximum absolute atomic E-state index is 11.1. The first-order chi connectivity index (χ1) is 8.81. The third-order valence-electron chi connectivity index (χ3n) is 2.94. The molecule has 1 unspecified atom stereocenters. The number of benzene rings is 1. The van der Waals surface area contributed by atoms with Crippen molar-refractivity contribution in [1.29, 1.82) is 0 Å². The molecule has 0 radical (unpaired) electrons. The van der Waals surface area contributed by atoms with Crippen molar-refractivity contribution in [3.63, 3.8) is 0 Å². The molecule has 0 spiro atoms. The fourth-order valence-corrected chi connectivity index (χ4v) is 3.43. The zero-order valence-corrected chi connectivity index (χ0v) is 13.2. The summed E-state index contributed by atoms with van der Waals surface area (Å²) in [5.74, 6) is 0.708. The molecule has 1 rings (SSSR count). The van der Waals surface area contributed by atoms with Crippen molar-refractivity contribution in [3.05, 3.63) is 29.3 Å². The van der Waals surface area contributed by atoms with Crippen molar-refractivity contribution in [2.24, 2.45) is 5.92 Å². The van der Waals surface area contributed by atoms with Crippen molar-refractivity contribution in [2.75, 3.05) is 12.4 Å². The van der Waals surface area contributed by atoms with Crippen LogP contribution in [0.1, 0.15) is 30.9 Å². The molecule has 0 aliphatic heterocycles. The second-order valence-electron chi connectivity index (χ2n) is 4.94. The molecule has 1 aromatic carbocycles. The third kappa shape index (κ3) is 6.30. The van der Waals surface area contributed by atoms with E-state index in [1.54, 1.807) is 0 Å². The van der Waals surface area contributed by atoms with Crippen LogP contribution in [0.25, 0.3) is 0 Å². The molecule has 0 fully saturated rings. The van der Waals surface area contributed by atoms with E-state index in [-0.39, 0.29) is 11.7 Å². The Kier molecular flexibility index (Phi) is 6.14. The zero-order chi connectivity index (χ0) is 14.5. The average molecular weight is 305 g/mol. The molecule has 0 aromatic heterocycles. The lowest BCUT2D eigenvalue weighted by Gasteiger charge is -2.16. The first-order valence-electron chi connectivity index (χ1n) is 6.44. The number of rotatable bonds is 7. The van der Waals surface area contributed by atoms with E-state index < -0.39 is 9.05 Å². The highest BCUT2D eigenvalue weighted by Gasteiger charge is 2.17. The topological polar surface area (TPSA) is 43.4 Å². The molecule has 1 aromatic rings. The first kappa shape index (κ1) is 16.3. The van der Waals surface area contributed by atoms with Crippen LogP contribution in [0.3, 0.4) is 0 Å². The highest BCUT2D eigenvalue weighted by molar-refractivity contribution is 8.13. The Bertz CT molecular complexity index is 511. The smallest absolute Gasteiger partial charge is 0.232 e. The number of aryl methyl sites for hydroxylation is 2. The number of ether oxygens (including phenoxy) is 1. The van der Waals surface area contributed by atoms with Gasteiger partial charge in [-0.3, -0.25) is 0 Å². The lowest BCUT2D eigenvalue weighted by atomic mass is 10.1. The highest BCUT2D eigenvalue weighted by Crippen LogP contribution is 2.21. The van der Waals surface area contributed by atoms with Gasteiger partial charge in [-0.1, -0.05) is 31.0 Å². The van der Waals surface area contributed by atoms with Crippen molar-refractivity contribution in [3.8, 4) is 5.75 Å². The largest absolute Gasteiger partial charge is 0.493 e. The zero-order valence-electron chi connectivity index (χ0n) is 11.6. The van der Waals surface area contributed by atoms with Gasteiger partial charge in [0.2, 0.25) is 9.05 Å². The van der Waals surface area contributed by atoms with Crippen molar-refractivity contribution in [2.45, 2.75) is 33.6 Å². The Hall–Kier alpha value is -0.740. The third-order valence-corrected chi connectivity index (χ3v) is 4.18. The standard InChI is InChI=1S/C14H21ClO3S/c1-4-5-13(10-19(15,16)17)9-18-14-7-6-11(2)8-12(14)3/h6-8,13H,4-5,9-10H2,1-3H3. The summed E-state index contributed by atoms with van der Waals surface area (Å²) in [6.45, 7) is 6.40. The summed E-state index contributed by atoms with van der Waals surface area (Å²) < 4.78 is 28.0. The Balaban J connectivity index is 2.65. The van der Waals surface area contributed by atoms with Gasteiger partial charge in [0.15, 0.2) is 0 Å². The van der Waals surface area contributed by atoms with Crippen LogP contribution in [-0.4, -0.2) is 20.8 Å². The van der Waals surface area contributed by atoms with Gasteiger partial charge in [0.05, 0.1) is 12.4 Å². The van der Waals surface area contributed by atoms with Gasteiger partial charge in [0.1, 0.15) is 5.75 Å². The minimum Gasteiger partial charge on any atom is -0.493 e. The van der Waals surface area contributed by atoms with Crippen LogP contribution in [0.15, 0.2) is 18.2 Å². The molecule has 0 saturated carbocycles. The molecular formula is C14H21ClO3S. The van der Waals surface area contributed by atoms with Crippen LogP contribution in [0.2, 0.25) is 0 Å². The normalized spacial score (nSPS) is 13.3. The molecular weight excluding hydrogens is 284 g/mol. The van der Waals surface area contributed by atoms with Crippen LogP contribution >= 0.6 is 10.7 Å². The minimum absolute atomic E-state index is 0.0344. The van der Waals surface area contributed by atoms with Crippen LogP contribution in [0.5, 0.6) is 5.75 Å². The lowest BCUT2D eigenvalue weighted by Crippen LogP contribution is -2.19. The SMILES string of the molecule is CCCC(COc1ccc(C)cc1C)CS(=O)(=O)Cl. The van der Waals surface area contributed by atoms with E-state index in [2.05, 4.69) is 0 Å². The van der Waals surface area contributed by atoms with E-state index in [9.17, 15) is 8.42 Å². The van der Waals surface area contributed by atoms with Crippen molar-refractivity contribution < 1.29 is 13.2 Å². The predicted molar refractivity (Wildman–Crippen MR) is 79.4 cm³/mol. The summed E-state index contributed by atoms with van der Waals surface area (Å²) >= 11 is 0. The van der Waals surface area contributed by atoms with E-state index in [4.69, 9.17) is 15.4 Å². The summed E-state index contributed by atoms with van der Waals surface area (Å²) in [5, 5.41) is 0. The Morgan fingerprint density at radius 1 is 1.32 bits per heavy atom. The van der Waals surface area contributed by atoms with Crippen molar-refractivity contribution >= 4 is 19.7 Å². The number of halogens is 1. The Morgan fingerprint density at radius 2 is 2.00 bits per heavy atom. The lowest BCUT2D eigenvalue weighted by molar-refractivity contribution is 0.251. The average Bonchev–Trinajstić information content (AvgIpc) is 2.26. The van der Waals surface area contributed by atoms with E-state index in [0.717, 1.165) is 24.2 Å². The van der Waals surface area contributed by atoms with Crippen molar-refractivity contribution in [1.82, 2.24) is 0 Å². The summed E-state index contributed by atoms with van der Waals surface area (Å²) in [6.07, 6.45) is 1.70. The Morgan fingerprint density at radius 3 is 2.53 bits per heavy atom. The maximum Gasteiger partial charge on any atom is 0.232 e. The van der Waals surface area contributed by atoms with E-state index in [1.807, 2.05) is 39.0 Å². The molecule has 0 heterocycles. The van der Waals surface area contributed by atoms with Gasteiger partial charge in [-0.2, -0.15) is 0 Å². The summed E-state index contributed by atoms with van der Waals surface area (Å²) in [4.78, 5) is 0. The van der Waals surface area contributed by atoms with Gasteiger partial charge in [-0.25, -0.2) is 8.42 Å². The minimum atomic E-state index is -3.47. The highest BCUT2D eigenvalue weighted by atomic mass is 35.7. The fourth-order valence-electron chi connectivity index (χ4n) is 2.07. The molecule has 0 aliphatic carbocycles. The van der Waals surface area contributed by atoms with E-state index in [0.29, 0.717) is 6.61 Å². The summed E-state index contributed by atoms with van der Waals surface area (Å²) in [5.41, 5.74) is 2.24. The molecule has 0 saturated heterocycles. The molecule has 5 heteroatoms. The molecule has 0 amide bonds. The molecule has 0 N–H and O–H groups in total. The molecule has 0 aliphatic rings. The van der Waals surface area contributed by atoms with Gasteiger partial charge < -0.3 is 4.74 Å². The first-order valence-corrected chi connectivity index (χ1v) is 8.92. The fraction of sp³-hybridized carbons (Fsp3) is 0.571. The quantitative estimate of drug-likeness (QED) is 0.722. The molecule has 0 bridgehead atoms. The van der Waals surface area contributed by atoms with Crippen LogP contribution in [0.4, 0.5) is 0 Å². The molecule has 1 atom stereocenters. The van der Waals surface area contributed by atoms with Gasteiger partial charge in [0, 0.05) is 16.6 Å².